The molecule has 0 spiro atoms. The number of ether oxygens (including phenoxy) is 1. The molecule has 1 atom stereocenters. The van der Waals surface area contributed by atoms with Crippen molar-refractivity contribution >= 4 is 11.7 Å². The Morgan fingerprint density at radius 1 is 1.33 bits per heavy atom. The molecule has 1 aliphatic rings. The first-order valence-electron chi connectivity index (χ1n) is 8.17. The number of furan rings is 1. The minimum atomic E-state index is -0.161. The lowest BCUT2D eigenvalue weighted by atomic mass is 10.1. The van der Waals surface area contributed by atoms with Crippen molar-refractivity contribution in [3.63, 3.8) is 0 Å². The van der Waals surface area contributed by atoms with Crippen molar-refractivity contribution in [3.05, 3.63) is 48.4 Å². The van der Waals surface area contributed by atoms with Crippen LogP contribution in [0.2, 0.25) is 0 Å². The van der Waals surface area contributed by atoms with Gasteiger partial charge in [-0.2, -0.15) is 0 Å². The molecule has 1 saturated heterocycles. The number of benzene rings is 1. The zero-order valence-corrected chi connectivity index (χ0v) is 13.8. The third-order valence-corrected chi connectivity index (χ3v) is 4.26. The van der Waals surface area contributed by atoms with Gasteiger partial charge in [-0.15, -0.1) is 0 Å². The zero-order chi connectivity index (χ0) is 16.8. The van der Waals surface area contributed by atoms with E-state index in [4.69, 9.17) is 9.15 Å². The van der Waals surface area contributed by atoms with Crippen LogP contribution in [0.5, 0.6) is 5.75 Å². The third-order valence-electron chi connectivity index (χ3n) is 4.26. The molecule has 24 heavy (non-hydrogen) atoms. The molecule has 2 amide bonds. The smallest absolute Gasteiger partial charge is 0.315 e. The van der Waals surface area contributed by atoms with Crippen LogP contribution in [0.3, 0.4) is 0 Å². The second kappa shape index (κ2) is 7.77. The van der Waals surface area contributed by atoms with Gasteiger partial charge in [-0.25, -0.2) is 4.79 Å². The molecule has 1 aromatic carbocycles. The highest BCUT2D eigenvalue weighted by molar-refractivity contribution is 5.73. The predicted octanol–water partition coefficient (Wildman–Crippen LogP) is 2.61. The molecule has 6 heteroatoms. The average molecular weight is 329 g/mol. The SMILES string of the molecule is COc1cccc(N2CC[C@@H](CNC(=O)NCc3ccco3)C2)c1. The van der Waals surface area contributed by atoms with Crippen LogP contribution < -0.4 is 20.3 Å². The molecule has 0 unspecified atom stereocenters. The fourth-order valence-electron chi connectivity index (χ4n) is 2.92. The van der Waals surface area contributed by atoms with Gasteiger partial charge in [-0.1, -0.05) is 6.07 Å². The summed E-state index contributed by atoms with van der Waals surface area (Å²) in [6, 6.07) is 11.6. The Bertz CT molecular complexity index is 657. The first-order valence-corrected chi connectivity index (χ1v) is 8.17. The maximum Gasteiger partial charge on any atom is 0.315 e. The Hall–Kier alpha value is -2.63. The highest BCUT2D eigenvalue weighted by Gasteiger charge is 2.23. The third kappa shape index (κ3) is 4.22. The highest BCUT2D eigenvalue weighted by atomic mass is 16.5. The van der Waals surface area contributed by atoms with Crippen LogP contribution in [-0.4, -0.2) is 32.8 Å². The number of amides is 2. The van der Waals surface area contributed by atoms with E-state index in [1.165, 1.54) is 5.69 Å². The molecule has 1 aromatic heterocycles. The van der Waals surface area contributed by atoms with Gasteiger partial charge in [0.25, 0.3) is 0 Å². The van der Waals surface area contributed by atoms with Crippen molar-refractivity contribution < 1.29 is 13.9 Å². The molecule has 0 bridgehead atoms. The number of carbonyl (C=O) groups excluding carboxylic acids is 1. The minimum Gasteiger partial charge on any atom is -0.497 e. The van der Waals surface area contributed by atoms with E-state index in [2.05, 4.69) is 21.6 Å². The van der Waals surface area contributed by atoms with Crippen molar-refractivity contribution in [1.82, 2.24) is 10.6 Å². The molecule has 1 aliphatic heterocycles. The van der Waals surface area contributed by atoms with Gasteiger partial charge < -0.3 is 24.7 Å². The van der Waals surface area contributed by atoms with Crippen molar-refractivity contribution in [2.75, 3.05) is 31.6 Å². The Morgan fingerprint density at radius 2 is 2.25 bits per heavy atom. The summed E-state index contributed by atoms with van der Waals surface area (Å²) in [5.74, 6) is 2.06. The first-order chi connectivity index (χ1) is 11.7. The maximum atomic E-state index is 11.8. The molecule has 2 N–H and O–H groups in total. The van der Waals surface area contributed by atoms with Crippen molar-refractivity contribution in [2.45, 2.75) is 13.0 Å². The van der Waals surface area contributed by atoms with Gasteiger partial charge in [0.2, 0.25) is 0 Å². The molecule has 3 rings (SSSR count). The molecular weight excluding hydrogens is 306 g/mol. The number of hydrogen-bond acceptors (Lipinski definition) is 4. The topological polar surface area (TPSA) is 66.7 Å². The highest BCUT2D eigenvalue weighted by Crippen LogP contribution is 2.26. The van der Waals surface area contributed by atoms with Crippen molar-refractivity contribution in [2.24, 2.45) is 5.92 Å². The second-order valence-corrected chi connectivity index (χ2v) is 5.95. The standard InChI is InChI=1S/C18H23N3O3/c1-23-16-5-2-4-15(10-16)21-8-7-14(13-21)11-19-18(22)20-12-17-6-3-9-24-17/h2-6,9-10,14H,7-8,11-13H2,1H3,(H2,19,20,22)/t14-/m0/s1. The van der Waals surface area contributed by atoms with E-state index in [0.29, 0.717) is 19.0 Å². The lowest BCUT2D eigenvalue weighted by Crippen LogP contribution is -2.38. The number of anilines is 1. The molecule has 6 nitrogen and oxygen atoms in total. The van der Waals surface area contributed by atoms with Gasteiger partial charge in [-0.3, -0.25) is 0 Å². The average Bonchev–Trinajstić information content (AvgIpc) is 3.30. The van der Waals surface area contributed by atoms with Gasteiger partial charge in [0, 0.05) is 31.4 Å². The summed E-state index contributed by atoms with van der Waals surface area (Å²) in [4.78, 5) is 14.2. The molecule has 0 saturated carbocycles. The normalized spacial score (nSPS) is 16.9. The van der Waals surface area contributed by atoms with Gasteiger partial charge in [0.15, 0.2) is 0 Å². The molecule has 1 fully saturated rings. The number of rotatable bonds is 6. The van der Waals surface area contributed by atoms with Crippen molar-refractivity contribution in [3.8, 4) is 5.75 Å². The second-order valence-electron chi connectivity index (χ2n) is 5.95. The van der Waals surface area contributed by atoms with E-state index in [0.717, 1.165) is 31.0 Å². The number of nitrogens with zero attached hydrogens (tertiary/aromatic N) is 1. The maximum absolute atomic E-state index is 11.8. The van der Waals surface area contributed by atoms with Crippen LogP contribution in [0, 0.1) is 5.92 Å². The molecule has 0 aliphatic carbocycles. The lowest BCUT2D eigenvalue weighted by molar-refractivity contribution is 0.238. The summed E-state index contributed by atoms with van der Waals surface area (Å²) in [6.45, 7) is 3.00. The summed E-state index contributed by atoms with van der Waals surface area (Å²) in [5.41, 5.74) is 1.17. The van der Waals surface area contributed by atoms with Crippen LogP contribution in [0.25, 0.3) is 0 Å². The predicted molar refractivity (Wildman–Crippen MR) is 92.3 cm³/mol. The minimum absolute atomic E-state index is 0.161. The van der Waals surface area contributed by atoms with E-state index >= 15 is 0 Å². The summed E-state index contributed by atoms with van der Waals surface area (Å²) in [7, 11) is 1.68. The van der Waals surface area contributed by atoms with Gasteiger partial charge in [-0.05, 0) is 36.6 Å². The summed E-state index contributed by atoms with van der Waals surface area (Å²) < 4.78 is 10.5. The Labute approximate surface area is 141 Å². The van der Waals surface area contributed by atoms with Crippen LogP contribution in [0.15, 0.2) is 47.1 Å². The summed E-state index contributed by atoms with van der Waals surface area (Å²) >= 11 is 0. The van der Waals surface area contributed by atoms with Gasteiger partial charge in [0.1, 0.15) is 11.5 Å². The number of hydrogen-bond donors (Lipinski definition) is 2. The van der Waals surface area contributed by atoms with Crippen molar-refractivity contribution in [1.29, 1.82) is 0 Å². The summed E-state index contributed by atoms with van der Waals surface area (Å²) in [6.07, 6.45) is 2.66. The number of carbonyl (C=O) groups is 1. The molecular formula is C18H23N3O3. The molecule has 128 valence electrons. The fraction of sp³-hybridized carbons (Fsp3) is 0.389. The van der Waals surface area contributed by atoms with E-state index in [9.17, 15) is 4.79 Å². The Kier molecular flexibility index (Phi) is 5.25. The number of methoxy groups -OCH3 is 1. The van der Waals surface area contributed by atoms with Gasteiger partial charge >= 0.3 is 6.03 Å². The number of urea groups is 1. The fourth-order valence-corrected chi connectivity index (χ4v) is 2.92. The number of nitrogens with one attached hydrogen (secondary N) is 2. The van der Waals surface area contributed by atoms with Crippen LogP contribution in [0.1, 0.15) is 12.2 Å². The zero-order valence-electron chi connectivity index (χ0n) is 13.8. The van der Waals surface area contributed by atoms with E-state index < -0.39 is 0 Å². The Morgan fingerprint density at radius 3 is 3.04 bits per heavy atom. The molecule has 0 radical (unpaired) electrons. The largest absolute Gasteiger partial charge is 0.497 e. The molecule has 2 heterocycles. The van der Waals surface area contributed by atoms with Crippen LogP contribution in [-0.2, 0) is 6.54 Å². The van der Waals surface area contributed by atoms with Gasteiger partial charge in [0.05, 0.1) is 19.9 Å². The van der Waals surface area contributed by atoms with Crippen LogP contribution >= 0.6 is 0 Å². The first kappa shape index (κ1) is 16.2. The van der Waals surface area contributed by atoms with E-state index in [1.54, 1.807) is 19.4 Å². The quantitative estimate of drug-likeness (QED) is 0.855. The van der Waals surface area contributed by atoms with E-state index in [-0.39, 0.29) is 6.03 Å². The van der Waals surface area contributed by atoms with E-state index in [1.807, 2.05) is 24.3 Å². The Balaban J connectivity index is 1.41. The van der Waals surface area contributed by atoms with Crippen LogP contribution in [0.4, 0.5) is 10.5 Å². The lowest BCUT2D eigenvalue weighted by Gasteiger charge is -2.19. The molecule has 2 aromatic rings. The summed E-state index contributed by atoms with van der Waals surface area (Å²) in [5, 5.41) is 5.73. The monoisotopic (exact) mass is 329 g/mol.